The van der Waals surface area contributed by atoms with Crippen LogP contribution >= 0.6 is 11.6 Å². The number of hydrogen-bond donors (Lipinski definition) is 0. The van der Waals surface area contributed by atoms with E-state index in [1.54, 1.807) is 6.21 Å². The molecule has 0 radical (unpaired) electrons. The lowest BCUT2D eigenvalue weighted by atomic mass is 9.91. The molecule has 0 amide bonds. The molecule has 1 unspecified atom stereocenters. The maximum atomic E-state index is 6.07. The van der Waals surface area contributed by atoms with Crippen LogP contribution in [0.3, 0.4) is 0 Å². The lowest BCUT2D eigenvalue weighted by Gasteiger charge is -2.27. The van der Waals surface area contributed by atoms with Gasteiger partial charge in [-0.15, -0.1) is 0 Å². The monoisotopic (exact) mass is 329 g/mol. The molecule has 4 rings (SSSR count). The van der Waals surface area contributed by atoms with Crippen LogP contribution in [0.15, 0.2) is 38.8 Å². The zero-order valence-electron chi connectivity index (χ0n) is 13.4. The molecule has 1 aliphatic heterocycles. The number of aliphatic imine (C=N–C) groups is 1. The zero-order valence-corrected chi connectivity index (χ0v) is 14.2. The molecule has 1 aromatic heterocycles. The van der Waals surface area contributed by atoms with E-state index < -0.39 is 0 Å². The van der Waals surface area contributed by atoms with Gasteiger partial charge in [-0.3, -0.25) is 4.99 Å². The van der Waals surface area contributed by atoms with Crippen molar-refractivity contribution in [2.75, 3.05) is 25.7 Å². The van der Waals surface area contributed by atoms with E-state index in [9.17, 15) is 0 Å². The predicted molar refractivity (Wildman–Crippen MR) is 95.5 cm³/mol. The Balaban J connectivity index is 1.74. The molecule has 0 bridgehead atoms. The summed E-state index contributed by atoms with van der Waals surface area (Å²) in [6, 6.07) is 6.92. The molecule has 0 saturated heterocycles. The fraction of sp³-hybridized carbons (Fsp3) is 0.389. The number of anilines is 1. The summed E-state index contributed by atoms with van der Waals surface area (Å²) in [6.07, 6.45) is 6.84. The van der Waals surface area contributed by atoms with Crippen molar-refractivity contribution in [1.29, 1.82) is 0 Å². The van der Waals surface area contributed by atoms with Gasteiger partial charge in [-0.25, -0.2) is 0 Å². The van der Waals surface area contributed by atoms with E-state index >= 15 is 0 Å². The number of likely N-dealkylation sites (N-methyl/N-ethyl adjacent to an activating group) is 1. The minimum Gasteiger partial charge on any atom is -0.461 e. The predicted octanol–water partition coefficient (Wildman–Crippen LogP) is 3.78. The molecular formula is C18H20ClN3O. The SMILES string of the molecule is CN(C)C1CCc2oc3ccc(N4C=C(Cl)C=NC4)cc3c2C1. The first-order valence-electron chi connectivity index (χ1n) is 7.96. The van der Waals surface area contributed by atoms with E-state index in [0.717, 1.165) is 36.3 Å². The lowest BCUT2D eigenvalue weighted by Crippen LogP contribution is -2.33. The van der Waals surface area contributed by atoms with Crippen molar-refractivity contribution >= 4 is 34.5 Å². The molecule has 1 aliphatic carbocycles. The molecule has 2 aromatic rings. The van der Waals surface area contributed by atoms with Crippen LogP contribution in [0.25, 0.3) is 11.0 Å². The van der Waals surface area contributed by atoms with Crippen LogP contribution in [0.4, 0.5) is 5.69 Å². The Hall–Kier alpha value is -1.78. The highest BCUT2D eigenvalue weighted by Gasteiger charge is 2.25. The second-order valence-electron chi connectivity index (χ2n) is 6.48. The third-order valence-corrected chi connectivity index (χ3v) is 4.99. The highest BCUT2D eigenvalue weighted by atomic mass is 35.5. The summed E-state index contributed by atoms with van der Waals surface area (Å²) in [6.45, 7) is 0.599. The summed E-state index contributed by atoms with van der Waals surface area (Å²) in [7, 11) is 4.31. The van der Waals surface area contributed by atoms with Crippen molar-refractivity contribution in [2.24, 2.45) is 4.99 Å². The first-order chi connectivity index (χ1) is 11.1. The molecule has 23 heavy (non-hydrogen) atoms. The standard InChI is InChI=1S/C18H20ClN3O/c1-21(2)13-3-5-17-15(7-13)16-8-14(4-6-18(16)23-17)22-10-12(19)9-20-11-22/h4,6,8-10,13H,3,5,7,11H2,1-2H3. The molecule has 2 aliphatic rings. The van der Waals surface area contributed by atoms with E-state index in [4.69, 9.17) is 16.0 Å². The summed E-state index contributed by atoms with van der Waals surface area (Å²) >= 11 is 6.07. The van der Waals surface area contributed by atoms with E-state index in [-0.39, 0.29) is 0 Å². The minimum atomic E-state index is 0.584. The van der Waals surface area contributed by atoms with Crippen molar-refractivity contribution in [3.63, 3.8) is 0 Å². The molecule has 5 heteroatoms. The number of furan rings is 1. The van der Waals surface area contributed by atoms with E-state index in [1.165, 1.54) is 10.9 Å². The second-order valence-corrected chi connectivity index (χ2v) is 6.92. The third-order valence-electron chi connectivity index (χ3n) is 4.79. The van der Waals surface area contributed by atoms with Gasteiger partial charge in [0.1, 0.15) is 18.0 Å². The highest BCUT2D eigenvalue weighted by Crippen LogP contribution is 2.35. The van der Waals surface area contributed by atoms with Gasteiger partial charge in [-0.2, -0.15) is 0 Å². The van der Waals surface area contributed by atoms with Gasteiger partial charge in [-0.05, 0) is 45.1 Å². The van der Waals surface area contributed by atoms with E-state index in [2.05, 4.69) is 47.1 Å². The molecule has 4 nitrogen and oxygen atoms in total. The smallest absolute Gasteiger partial charge is 0.134 e. The van der Waals surface area contributed by atoms with Gasteiger partial charge in [0.25, 0.3) is 0 Å². The average Bonchev–Trinajstić information content (AvgIpc) is 2.91. The van der Waals surface area contributed by atoms with Crippen LogP contribution in [0, 0.1) is 0 Å². The van der Waals surface area contributed by atoms with Crippen LogP contribution in [0.2, 0.25) is 0 Å². The van der Waals surface area contributed by atoms with Crippen molar-refractivity contribution in [3.05, 3.63) is 40.8 Å². The molecular weight excluding hydrogens is 310 g/mol. The second kappa shape index (κ2) is 5.69. The molecule has 0 fully saturated rings. The molecule has 1 atom stereocenters. The van der Waals surface area contributed by atoms with Gasteiger partial charge in [0.2, 0.25) is 0 Å². The maximum Gasteiger partial charge on any atom is 0.134 e. The number of fused-ring (bicyclic) bond motifs is 3. The number of halogens is 1. The molecule has 1 aromatic carbocycles. The molecule has 0 spiro atoms. The van der Waals surface area contributed by atoms with Gasteiger partial charge < -0.3 is 14.2 Å². The van der Waals surface area contributed by atoms with Gasteiger partial charge in [0.05, 0.1) is 5.03 Å². The Bertz CT molecular complexity index is 806. The van der Waals surface area contributed by atoms with Crippen LogP contribution in [-0.2, 0) is 12.8 Å². The van der Waals surface area contributed by atoms with E-state index in [1.807, 2.05) is 6.20 Å². The molecule has 0 saturated carbocycles. The maximum absolute atomic E-state index is 6.07. The Labute approximate surface area is 141 Å². The summed E-state index contributed by atoms with van der Waals surface area (Å²) < 4.78 is 6.07. The van der Waals surface area contributed by atoms with Crippen molar-refractivity contribution < 1.29 is 4.42 Å². The van der Waals surface area contributed by atoms with Crippen molar-refractivity contribution in [2.45, 2.75) is 25.3 Å². The Morgan fingerprint density at radius 1 is 1.35 bits per heavy atom. The van der Waals surface area contributed by atoms with Crippen LogP contribution in [0.5, 0.6) is 0 Å². The summed E-state index contributed by atoms with van der Waals surface area (Å²) in [4.78, 5) is 8.65. The third kappa shape index (κ3) is 2.66. The van der Waals surface area contributed by atoms with E-state index in [0.29, 0.717) is 17.7 Å². The quantitative estimate of drug-likeness (QED) is 0.840. The first-order valence-corrected chi connectivity index (χ1v) is 8.34. The van der Waals surface area contributed by atoms with Crippen molar-refractivity contribution in [3.8, 4) is 0 Å². The Morgan fingerprint density at radius 2 is 2.22 bits per heavy atom. The number of rotatable bonds is 2. The fourth-order valence-corrected chi connectivity index (χ4v) is 3.65. The average molecular weight is 330 g/mol. The van der Waals surface area contributed by atoms with Crippen LogP contribution < -0.4 is 4.90 Å². The minimum absolute atomic E-state index is 0.584. The summed E-state index contributed by atoms with van der Waals surface area (Å²) in [5, 5.41) is 1.88. The fourth-order valence-electron chi connectivity index (χ4n) is 3.46. The number of hydrogen-bond acceptors (Lipinski definition) is 4. The van der Waals surface area contributed by atoms with Crippen LogP contribution in [0.1, 0.15) is 17.7 Å². The van der Waals surface area contributed by atoms with Gasteiger partial charge in [0.15, 0.2) is 0 Å². The Kier molecular flexibility index (Phi) is 3.66. The Morgan fingerprint density at radius 3 is 3.00 bits per heavy atom. The van der Waals surface area contributed by atoms with Gasteiger partial charge >= 0.3 is 0 Å². The number of benzene rings is 1. The normalized spacial score (nSPS) is 21.0. The highest BCUT2D eigenvalue weighted by molar-refractivity contribution is 6.39. The molecule has 2 heterocycles. The number of nitrogens with zero attached hydrogens (tertiary/aromatic N) is 3. The number of aryl methyl sites for hydroxylation is 1. The zero-order chi connectivity index (χ0) is 16.0. The largest absolute Gasteiger partial charge is 0.461 e. The topological polar surface area (TPSA) is 32.0 Å². The summed E-state index contributed by atoms with van der Waals surface area (Å²) in [5.74, 6) is 1.15. The summed E-state index contributed by atoms with van der Waals surface area (Å²) in [5.41, 5.74) is 3.44. The lowest BCUT2D eigenvalue weighted by molar-refractivity contribution is 0.261. The molecule has 0 N–H and O–H groups in total. The van der Waals surface area contributed by atoms with Gasteiger partial charge in [-0.1, -0.05) is 11.6 Å². The van der Waals surface area contributed by atoms with Crippen LogP contribution in [-0.4, -0.2) is 37.9 Å². The number of allylic oxidation sites excluding steroid dienone is 1. The molecule has 120 valence electrons. The van der Waals surface area contributed by atoms with Gasteiger partial charge in [0, 0.05) is 41.5 Å². The first kappa shape index (κ1) is 14.8. The van der Waals surface area contributed by atoms with Crippen molar-refractivity contribution in [1.82, 2.24) is 4.90 Å².